The summed E-state index contributed by atoms with van der Waals surface area (Å²) in [6, 6.07) is 17.9. The number of anilines is 1. The van der Waals surface area contributed by atoms with E-state index in [1.165, 1.54) is 6.07 Å². The van der Waals surface area contributed by atoms with Crippen molar-refractivity contribution in [2.45, 2.75) is 10.6 Å². The van der Waals surface area contributed by atoms with Gasteiger partial charge in [0, 0.05) is 18.9 Å². The highest BCUT2D eigenvalue weighted by molar-refractivity contribution is 7.94. The lowest BCUT2D eigenvalue weighted by Gasteiger charge is -2.14. The van der Waals surface area contributed by atoms with E-state index in [1.54, 1.807) is 36.0 Å². The van der Waals surface area contributed by atoms with Gasteiger partial charge in [0.05, 0.1) is 11.3 Å². The smallest absolute Gasteiger partial charge is 0.271 e. The van der Waals surface area contributed by atoms with Crippen LogP contribution in [-0.4, -0.2) is 25.9 Å². The fraction of sp³-hybridized carbons (Fsp3) is 0.0909. The van der Waals surface area contributed by atoms with Gasteiger partial charge in [-0.25, -0.2) is 8.42 Å². The third-order valence-corrected chi connectivity index (χ3v) is 7.32. The van der Waals surface area contributed by atoms with E-state index in [0.29, 0.717) is 13.0 Å². The van der Waals surface area contributed by atoms with Gasteiger partial charge in [0.2, 0.25) is 0 Å². The summed E-state index contributed by atoms with van der Waals surface area (Å²) in [6.07, 6.45) is 4.08. The molecular formula is C22H19N3O3S2. The number of hydrogen-bond acceptors (Lipinski definition) is 5. The van der Waals surface area contributed by atoms with Gasteiger partial charge in [-0.1, -0.05) is 36.4 Å². The first kappa shape index (κ1) is 20.1. The number of nitrogens with zero attached hydrogens (tertiary/aromatic N) is 1. The van der Waals surface area contributed by atoms with E-state index in [4.69, 9.17) is 0 Å². The topological polar surface area (TPSA) is 88.2 Å². The molecule has 6 nitrogen and oxygen atoms in total. The molecule has 0 aliphatic rings. The van der Waals surface area contributed by atoms with Crippen LogP contribution >= 0.6 is 11.3 Å². The van der Waals surface area contributed by atoms with Gasteiger partial charge in [-0.15, -0.1) is 11.3 Å². The van der Waals surface area contributed by atoms with Crippen LogP contribution in [-0.2, 0) is 16.4 Å². The molecule has 4 rings (SSSR count). The number of carbonyl (C=O) groups is 1. The van der Waals surface area contributed by atoms with Crippen molar-refractivity contribution in [2.24, 2.45) is 0 Å². The first-order valence-electron chi connectivity index (χ1n) is 9.29. The normalized spacial score (nSPS) is 11.3. The molecule has 0 aliphatic carbocycles. The molecule has 30 heavy (non-hydrogen) atoms. The number of sulfonamides is 1. The van der Waals surface area contributed by atoms with Crippen LogP contribution in [0.25, 0.3) is 10.8 Å². The van der Waals surface area contributed by atoms with Crippen LogP contribution in [0.3, 0.4) is 0 Å². The molecule has 152 valence electrons. The molecular weight excluding hydrogens is 418 g/mol. The van der Waals surface area contributed by atoms with Gasteiger partial charge in [-0.3, -0.25) is 14.5 Å². The van der Waals surface area contributed by atoms with Crippen molar-refractivity contribution in [1.29, 1.82) is 0 Å². The average Bonchev–Trinajstić information content (AvgIpc) is 3.30. The van der Waals surface area contributed by atoms with E-state index >= 15 is 0 Å². The number of rotatable bonds is 7. The average molecular weight is 438 g/mol. The Kier molecular flexibility index (Phi) is 5.78. The standard InChI is InChI=1S/C22H19N3O3S2/c26-22(24-11-9-16-5-3-10-23-15-16)19-13-17-6-1-2-7-18(17)14-20(19)25-30(27,28)21-8-4-12-29-21/h1-8,10,12-15,25H,9,11H2,(H,24,26). The minimum atomic E-state index is -3.78. The second-order valence-corrected chi connectivity index (χ2v) is 9.51. The van der Waals surface area contributed by atoms with Crippen molar-refractivity contribution >= 4 is 43.7 Å². The monoisotopic (exact) mass is 437 g/mol. The van der Waals surface area contributed by atoms with Crippen LogP contribution in [0.15, 0.2) is 82.6 Å². The van der Waals surface area contributed by atoms with Crippen molar-refractivity contribution in [3.05, 3.63) is 89.6 Å². The van der Waals surface area contributed by atoms with Crippen LogP contribution in [0.4, 0.5) is 5.69 Å². The third kappa shape index (κ3) is 4.50. The van der Waals surface area contributed by atoms with Crippen molar-refractivity contribution in [1.82, 2.24) is 10.3 Å². The van der Waals surface area contributed by atoms with E-state index in [-0.39, 0.29) is 21.4 Å². The molecule has 2 aromatic heterocycles. The van der Waals surface area contributed by atoms with Gasteiger partial charge in [0.25, 0.3) is 15.9 Å². The van der Waals surface area contributed by atoms with Gasteiger partial charge in [0.15, 0.2) is 0 Å². The molecule has 0 spiro atoms. The quantitative estimate of drug-likeness (QED) is 0.456. The Morgan fingerprint density at radius 3 is 2.50 bits per heavy atom. The van der Waals surface area contributed by atoms with Crippen molar-refractivity contribution in [3.63, 3.8) is 0 Å². The lowest BCUT2D eigenvalue weighted by atomic mass is 10.0. The molecule has 8 heteroatoms. The molecule has 2 heterocycles. The minimum Gasteiger partial charge on any atom is -0.352 e. The van der Waals surface area contributed by atoms with Crippen LogP contribution in [0.1, 0.15) is 15.9 Å². The molecule has 0 bridgehead atoms. The van der Waals surface area contributed by atoms with Crippen molar-refractivity contribution < 1.29 is 13.2 Å². The highest BCUT2D eigenvalue weighted by atomic mass is 32.2. The Hall–Kier alpha value is -3.23. The molecule has 0 unspecified atom stereocenters. The Morgan fingerprint density at radius 1 is 1.00 bits per heavy atom. The van der Waals surface area contributed by atoms with Crippen LogP contribution in [0.5, 0.6) is 0 Å². The van der Waals surface area contributed by atoms with E-state index < -0.39 is 10.0 Å². The summed E-state index contributed by atoms with van der Waals surface area (Å²) in [6.45, 7) is 0.411. The maximum absolute atomic E-state index is 12.9. The lowest BCUT2D eigenvalue weighted by molar-refractivity contribution is 0.0955. The van der Waals surface area contributed by atoms with Crippen LogP contribution < -0.4 is 10.0 Å². The van der Waals surface area contributed by atoms with E-state index in [9.17, 15) is 13.2 Å². The van der Waals surface area contributed by atoms with E-state index in [2.05, 4.69) is 15.0 Å². The number of thiophene rings is 1. The number of benzene rings is 2. The number of nitrogens with one attached hydrogen (secondary N) is 2. The summed E-state index contributed by atoms with van der Waals surface area (Å²) < 4.78 is 28.2. The van der Waals surface area contributed by atoms with Gasteiger partial charge >= 0.3 is 0 Å². The molecule has 0 saturated carbocycles. The zero-order chi connectivity index (χ0) is 21.0. The largest absolute Gasteiger partial charge is 0.352 e. The first-order valence-corrected chi connectivity index (χ1v) is 11.7. The Balaban J connectivity index is 1.62. The molecule has 4 aromatic rings. The molecule has 0 radical (unpaired) electrons. The molecule has 2 N–H and O–H groups in total. The Bertz CT molecular complexity index is 1270. The maximum Gasteiger partial charge on any atom is 0.271 e. The van der Waals surface area contributed by atoms with E-state index in [0.717, 1.165) is 27.7 Å². The number of aromatic nitrogens is 1. The van der Waals surface area contributed by atoms with E-state index in [1.807, 2.05) is 36.4 Å². The molecule has 2 aromatic carbocycles. The summed E-state index contributed by atoms with van der Waals surface area (Å²) in [4.78, 5) is 17.0. The molecule has 0 aliphatic heterocycles. The molecule has 0 atom stereocenters. The van der Waals surface area contributed by atoms with Gasteiger partial charge < -0.3 is 5.32 Å². The second kappa shape index (κ2) is 8.64. The highest BCUT2D eigenvalue weighted by Gasteiger charge is 2.20. The zero-order valence-corrected chi connectivity index (χ0v) is 17.5. The number of fused-ring (bicyclic) bond motifs is 1. The maximum atomic E-state index is 12.9. The van der Waals surface area contributed by atoms with Crippen molar-refractivity contribution in [3.8, 4) is 0 Å². The summed E-state index contributed by atoms with van der Waals surface area (Å²) in [7, 11) is -3.78. The SMILES string of the molecule is O=C(NCCc1cccnc1)c1cc2ccccc2cc1NS(=O)(=O)c1cccs1. The van der Waals surface area contributed by atoms with Gasteiger partial charge in [-0.2, -0.15) is 0 Å². The highest BCUT2D eigenvalue weighted by Crippen LogP contribution is 2.27. The number of hydrogen-bond donors (Lipinski definition) is 2. The fourth-order valence-corrected chi connectivity index (χ4v) is 5.15. The van der Waals surface area contributed by atoms with Gasteiger partial charge in [-0.05, 0) is 52.4 Å². The third-order valence-electron chi connectivity index (χ3n) is 4.56. The van der Waals surface area contributed by atoms with Crippen LogP contribution in [0.2, 0.25) is 0 Å². The minimum absolute atomic E-state index is 0.193. The summed E-state index contributed by atoms with van der Waals surface area (Å²) in [5.41, 5.74) is 1.54. The zero-order valence-electron chi connectivity index (χ0n) is 15.9. The Labute approximate surface area is 178 Å². The second-order valence-electron chi connectivity index (χ2n) is 6.65. The number of carbonyl (C=O) groups excluding carboxylic acids is 1. The number of amides is 1. The van der Waals surface area contributed by atoms with Gasteiger partial charge in [0.1, 0.15) is 4.21 Å². The molecule has 1 amide bonds. The fourth-order valence-electron chi connectivity index (χ4n) is 3.09. The molecule has 0 saturated heterocycles. The lowest BCUT2D eigenvalue weighted by Crippen LogP contribution is -2.27. The number of pyridine rings is 1. The summed E-state index contributed by atoms with van der Waals surface area (Å²) >= 11 is 1.12. The predicted octanol–water partition coefficient (Wildman–Crippen LogP) is 4.07. The summed E-state index contributed by atoms with van der Waals surface area (Å²) in [5.74, 6) is -0.339. The summed E-state index contributed by atoms with van der Waals surface area (Å²) in [5, 5.41) is 6.27. The predicted molar refractivity (Wildman–Crippen MR) is 119 cm³/mol. The first-order chi connectivity index (χ1) is 14.5. The van der Waals surface area contributed by atoms with Crippen molar-refractivity contribution in [2.75, 3.05) is 11.3 Å². The Morgan fingerprint density at radius 2 is 1.80 bits per heavy atom. The molecule has 0 fully saturated rings. The van der Waals surface area contributed by atoms with Crippen LogP contribution in [0, 0.1) is 0 Å².